The Bertz CT molecular complexity index is 1510. The predicted octanol–water partition coefficient (Wildman–Crippen LogP) is 4.68. The molecule has 2 aromatic carbocycles. The van der Waals surface area contributed by atoms with E-state index in [2.05, 4.69) is 45.7 Å². The Kier molecular flexibility index (Phi) is 8.59. The highest BCUT2D eigenvalue weighted by Gasteiger charge is 2.30. The number of fused-ring (bicyclic) bond motifs is 1. The van der Waals surface area contributed by atoms with Gasteiger partial charge in [-0.05, 0) is 88.6 Å². The number of ether oxygens (including phenoxy) is 1. The van der Waals surface area contributed by atoms with E-state index in [-0.39, 0.29) is 17.9 Å². The van der Waals surface area contributed by atoms with Crippen LogP contribution in [0.3, 0.4) is 0 Å². The SMILES string of the molecule is CC(C)Oc1ccc(-c2ncc(-c3cccc4c3CC[C@H]4NS(=O)(=O)CCN3CCC(N(C)C)C3)s2)cc1C#N. The summed E-state index contributed by atoms with van der Waals surface area (Å²) in [4.78, 5) is 10.2. The maximum atomic E-state index is 13.0. The van der Waals surface area contributed by atoms with Crippen LogP contribution in [0, 0.1) is 11.3 Å². The number of likely N-dealkylation sites (tertiary alicyclic amines) is 1. The number of nitrogens with zero attached hydrogens (tertiary/aromatic N) is 4. The third kappa shape index (κ3) is 6.40. The number of thiazole rings is 1. The fourth-order valence-electron chi connectivity index (χ4n) is 5.61. The molecular weight excluding hydrogens is 542 g/mol. The van der Waals surface area contributed by atoms with E-state index in [0.29, 0.717) is 23.9 Å². The summed E-state index contributed by atoms with van der Waals surface area (Å²) in [6, 6.07) is 14.2. The van der Waals surface area contributed by atoms with Gasteiger partial charge in [0.1, 0.15) is 16.8 Å². The molecule has 1 N–H and O–H groups in total. The van der Waals surface area contributed by atoms with Crippen LogP contribution >= 0.6 is 11.3 Å². The van der Waals surface area contributed by atoms with E-state index in [1.54, 1.807) is 11.3 Å². The number of likely N-dealkylation sites (N-methyl/N-ethyl adjacent to an activating group) is 1. The van der Waals surface area contributed by atoms with Gasteiger partial charge in [0.15, 0.2) is 0 Å². The van der Waals surface area contributed by atoms with Crippen LogP contribution < -0.4 is 9.46 Å². The number of sulfonamides is 1. The van der Waals surface area contributed by atoms with Crippen molar-refractivity contribution in [2.75, 3.05) is 39.5 Å². The topological polar surface area (TPSA) is 98.6 Å². The number of nitriles is 1. The van der Waals surface area contributed by atoms with Crippen LogP contribution in [0.2, 0.25) is 0 Å². The second-order valence-corrected chi connectivity index (χ2v) is 14.0. The van der Waals surface area contributed by atoms with E-state index in [4.69, 9.17) is 4.74 Å². The minimum absolute atomic E-state index is 0.0150. The Hall–Kier alpha value is -2.81. The van der Waals surface area contributed by atoms with Crippen molar-refractivity contribution in [2.45, 2.75) is 51.3 Å². The molecular formula is C30H37N5O3S2. The van der Waals surface area contributed by atoms with Crippen LogP contribution in [0.1, 0.15) is 49.4 Å². The highest BCUT2D eigenvalue weighted by Crippen LogP contribution is 2.41. The molecule has 2 aliphatic rings. The molecule has 2 atom stereocenters. The third-order valence-corrected chi connectivity index (χ3v) is 10.2. The second kappa shape index (κ2) is 12.0. The molecule has 40 heavy (non-hydrogen) atoms. The summed E-state index contributed by atoms with van der Waals surface area (Å²) < 4.78 is 34.8. The monoisotopic (exact) mass is 579 g/mol. The number of benzene rings is 2. The van der Waals surface area contributed by atoms with Gasteiger partial charge in [-0.25, -0.2) is 18.1 Å². The van der Waals surface area contributed by atoms with Crippen LogP contribution in [-0.4, -0.2) is 74.8 Å². The molecule has 1 unspecified atom stereocenters. The fraction of sp³-hybridized carbons (Fsp3) is 0.467. The minimum Gasteiger partial charge on any atom is -0.490 e. The average Bonchev–Trinajstić information content (AvgIpc) is 3.68. The summed E-state index contributed by atoms with van der Waals surface area (Å²) in [5.41, 5.74) is 4.68. The highest BCUT2D eigenvalue weighted by molar-refractivity contribution is 7.89. The van der Waals surface area contributed by atoms with Crippen LogP contribution in [0.4, 0.5) is 0 Å². The van der Waals surface area contributed by atoms with Crippen LogP contribution in [-0.2, 0) is 16.4 Å². The van der Waals surface area contributed by atoms with Gasteiger partial charge in [0, 0.05) is 36.9 Å². The van der Waals surface area contributed by atoms with Crippen molar-refractivity contribution in [3.63, 3.8) is 0 Å². The summed E-state index contributed by atoms with van der Waals surface area (Å²) in [5.74, 6) is 0.688. The molecule has 0 amide bonds. The summed E-state index contributed by atoms with van der Waals surface area (Å²) in [5, 5.41) is 10.4. The molecule has 2 heterocycles. The molecule has 1 aliphatic carbocycles. The summed E-state index contributed by atoms with van der Waals surface area (Å²) >= 11 is 1.57. The smallest absolute Gasteiger partial charge is 0.213 e. The van der Waals surface area contributed by atoms with Gasteiger partial charge in [-0.3, -0.25) is 0 Å². The van der Waals surface area contributed by atoms with Crippen molar-refractivity contribution in [3.05, 3.63) is 59.3 Å². The van der Waals surface area contributed by atoms with Gasteiger partial charge in [-0.15, -0.1) is 11.3 Å². The predicted molar refractivity (Wildman–Crippen MR) is 160 cm³/mol. The molecule has 1 fully saturated rings. The van der Waals surface area contributed by atoms with Crippen molar-refractivity contribution in [1.29, 1.82) is 5.26 Å². The van der Waals surface area contributed by atoms with Crippen molar-refractivity contribution in [2.24, 2.45) is 0 Å². The summed E-state index contributed by atoms with van der Waals surface area (Å²) in [7, 11) is 0.748. The molecule has 3 aromatic rings. The molecule has 0 radical (unpaired) electrons. The molecule has 1 saturated heterocycles. The van der Waals surface area contributed by atoms with Gasteiger partial charge in [-0.1, -0.05) is 18.2 Å². The normalized spacial score (nSPS) is 19.3. The first-order chi connectivity index (χ1) is 19.1. The number of aromatic nitrogens is 1. The largest absolute Gasteiger partial charge is 0.490 e. The van der Waals surface area contributed by atoms with Crippen molar-refractivity contribution < 1.29 is 13.2 Å². The minimum atomic E-state index is -3.41. The van der Waals surface area contributed by atoms with E-state index in [0.717, 1.165) is 58.9 Å². The van der Waals surface area contributed by atoms with Crippen molar-refractivity contribution in [3.8, 4) is 32.8 Å². The quantitative estimate of drug-likeness (QED) is 0.372. The van der Waals surface area contributed by atoms with Gasteiger partial charge in [0.2, 0.25) is 10.0 Å². The van der Waals surface area contributed by atoms with E-state index < -0.39 is 10.0 Å². The van der Waals surface area contributed by atoms with Gasteiger partial charge in [0.25, 0.3) is 0 Å². The second-order valence-electron chi connectivity index (χ2n) is 11.1. The number of nitrogens with one attached hydrogen (secondary N) is 1. The first-order valence-corrected chi connectivity index (χ1v) is 16.3. The summed E-state index contributed by atoms with van der Waals surface area (Å²) in [6.45, 7) is 6.29. The van der Waals surface area contributed by atoms with Gasteiger partial charge < -0.3 is 14.5 Å². The Morgan fingerprint density at radius 3 is 2.80 bits per heavy atom. The Morgan fingerprint density at radius 2 is 2.08 bits per heavy atom. The number of hydrogen-bond donors (Lipinski definition) is 1. The standard InChI is InChI=1S/C30H37N5O3S2/c1-20(2)38-28-11-8-21(16-22(28)17-31)30-32-18-29(39-30)26-7-5-6-25-24(26)9-10-27(25)33-40(36,37)15-14-35-13-12-23(19-35)34(3)4/h5-8,11,16,18,20,23,27,33H,9-10,12-15,19H2,1-4H3/t23?,27-/m1/s1. The Balaban J connectivity index is 1.29. The first kappa shape index (κ1) is 28.7. The van der Waals surface area contributed by atoms with Crippen LogP contribution in [0.15, 0.2) is 42.6 Å². The van der Waals surface area contributed by atoms with E-state index in [9.17, 15) is 13.7 Å². The lowest BCUT2D eigenvalue weighted by molar-refractivity contribution is 0.242. The Labute approximate surface area is 241 Å². The lowest BCUT2D eigenvalue weighted by Crippen LogP contribution is -2.37. The molecule has 1 aliphatic heterocycles. The fourth-order valence-corrected chi connectivity index (χ4v) is 7.87. The summed E-state index contributed by atoms with van der Waals surface area (Å²) in [6.07, 6.45) is 4.48. The average molecular weight is 580 g/mol. The first-order valence-electron chi connectivity index (χ1n) is 13.8. The number of hydrogen-bond acceptors (Lipinski definition) is 8. The van der Waals surface area contributed by atoms with Gasteiger partial charge in [-0.2, -0.15) is 5.26 Å². The van der Waals surface area contributed by atoms with Gasteiger partial charge >= 0.3 is 0 Å². The molecule has 5 rings (SSSR count). The molecule has 0 bridgehead atoms. The maximum Gasteiger partial charge on any atom is 0.213 e. The zero-order chi connectivity index (χ0) is 28.4. The maximum absolute atomic E-state index is 13.0. The van der Waals surface area contributed by atoms with Crippen LogP contribution in [0.25, 0.3) is 21.0 Å². The Morgan fingerprint density at radius 1 is 1.25 bits per heavy atom. The van der Waals surface area contributed by atoms with Crippen molar-refractivity contribution in [1.82, 2.24) is 19.5 Å². The molecule has 1 aromatic heterocycles. The van der Waals surface area contributed by atoms with E-state index in [1.807, 2.05) is 50.4 Å². The van der Waals surface area contributed by atoms with Gasteiger partial charge in [0.05, 0.1) is 22.3 Å². The lowest BCUT2D eigenvalue weighted by Gasteiger charge is -2.21. The van der Waals surface area contributed by atoms with Crippen LogP contribution in [0.5, 0.6) is 5.75 Å². The van der Waals surface area contributed by atoms with E-state index >= 15 is 0 Å². The molecule has 8 nitrogen and oxygen atoms in total. The molecule has 212 valence electrons. The van der Waals surface area contributed by atoms with Crippen molar-refractivity contribution >= 4 is 21.4 Å². The number of rotatable bonds is 10. The zero-order valence-corrected chi connectivity index (χ0v) is 25.2. The molecule has 0 saturated carbocycles. The highest BCUT2D eigenvalue weighted by atomic mass is 32.2. The lowest BCUT2D eigenvalue weighted by atomic mass is 10.0. The molecule has 0 spiro atoms. The van der Waals surface area contributed by atoms with E-state index in [1.165, 1.54) is 5.56 Å². The zero-order valence-electron chi connectivity index (χ0n) is 23.6. The third-order valence-electron chi connectivity index (χ3n) is 7.73. The molecule has 10 heteroatoms.